The molecule has 8 aromatic rings. The van der Waals surface area contributed by atoms with E-state index in [1.165, 1.54) is 72.0 Å². The lowest BCUT2D eigenvalue weighted by molar-refractivity contribution is 0.487. The molecule has 1 aliphatic heterocycles. The number of ether oxygens (including phenoxy) is 1. The fraction of sp³-hybridized carbons (Fsp3) is 0.0213. The first kappa shape index (κ1) is 27.0. The molecule has 1 heterocycles. The van der Waals surface area contributed by atoms with Crippen LogP contribution in [0.1, 0.15) is 22.3 Å². The van der Waals surface area contributed by atoms with Gasteiger partial charge in [0.25, 0.3) is 0 Å². The van der Waals surface area contributed by atoms with Crippen molar-refractivity contribution in [2.75, 3.05) is 0 Å². The maximum Gasteiger partial charge on any atom is 0.135 e. The molecule has 0 atom stereocenters. The molecule has 0 unspecified atom stereocenters. The van der Waals surface area contributed by atoms with Crippen molar-refractivity contribution in [3.63, 3.8) is 0 Å². The summed E-state index contributed by atoms with van der Waals surface area (Å²) < 4.78 is 6.60. The topological polar surface area (TPSA) is 9.23 Å². The van der Waals surface area contributed by atoms with Gasteiger partial charge >= 0.3 is 0 Å². The van der Waals surface area contributed by atoms with Crippen LogP contribution in [0.25, 0.3) is 55.3 Å². The third-order valence-electron chi connectivity index (χ3n) is 10.4. The van der Waals surface area contributed by atoms with E-state index in [0.29, 0.717) is 0 Å². The van der Waals surface area contributed by atoms with E-state index in [4.69, 9.17) is 4.74 Å². The molecule has 0 fully saturated rings. The lowest BCUT2D eigenvalue weighted by atomic mass is 9.67. The van der Waals surface area contributed by atoms with Crippen LogP contribution in [-0.4, -0.2) is 0 Å². The van der Waals surface area contributed by atoms with E-state index in [1.54, 1.807) is 0 Å². The molecule has 10 rings (SSSR count). The molecule has 224 valence electrons. The summed E-state index contributed by atoms with van der Waals surface area (Å²) in [7, 11) is 0. The highest BCUT2D eigenvalue weighted by atomic mass is 16.5. The van der Waals surface area contributed by atoms with Gasteiger partial charge in [-0.2, -0.15) is 0 Å². The van der Waals surface area contributed by atoms with Gasteiger partial charge in [0.1, 0.15) is 11.5 Å². The third kappa shape index (κ3) is 3.79. The zero-order valence-electron chi connectivity index (χ0n) is 26.2. The monoisotopic (exact) mass is 610 g/mol. The second kappa shape index (κ2) is 10.4. The normalized spacial score (nSPS) is 13.3. The molecule has 0 bridgehead atoms. The van der Waals surface area contributed by atoms with Crippen molar-refractivity contribution in [2.24, 2.45) is 0 Å². The van der Waals surface area contributed by atoms with E-state index >= 15 is 0 Å². The summed E-state index contributed by atoms with van der Waals surface area (Å²) in [6.07, 6.45) is 0. The van der Waals surface area contributed by atoms with Crippen molar-refractivity contribution < 1.29 is 4.74 Å². The Kier molecular flexibility index (Phi) is 5.86. The van der Waals surface area contributed by atoms with E-state index < -0.39 is 5.41 Å². The summed E-state index contributed by atoms with van der Waals surface area (Å²) in [5.74, 6) is 1.80. The van der Waals surface area contributed by atoms with Crippen LogP contribution >= 0.6 is 0 Å². The molecular weight excluding hydrogens is 581 g/mol. The summed E-state index contributed by atoms with van der Waals surface area (Å²) in [5, 5.41) is 2.37. The smallest absolute Gasteiger partial charge is 0.135 e. The van der Waals surface area contributed by atoms with Crippen molar-refractivity contribution in [3.8, 4) is 56.0 Å². The van der Waals surface area contributed by atoms with Gasteiger partial charge in [-0.1, -0.05) is 158 Å². The fourth-order valence-electron chi connectivity index (χ4n) is 8.30. The quantitative estimate of drug-likeness (QED) is 0.193. The maximum atomic E-state index is 6.60. The molecule has 0 spiro atoms. The molecule has 48 heavy (non-hydrogen) atoms. The Morgan fingerprint density at radius 2 is 0.917 bits per heavy atom. The van der Waals surface area contributed by atoms with Crippen molar-refractivity contribution in [2.45, 2.75) is 5.41 Å². The first-order valence-corrected chi connectivity index (χ1v) is 16.6. The Balaban J connectivity index is 1.18. The zero-order valence-corrected chi connectivity index (χ0v) is 26.2. The molecule has 0 saturated heterocycles. The average Bonchev–Trinajstić information content (AvgIpc) is 3.46. The minimum absolute atomic E-state index is 0.430. The summed E-state index contributed by atoms with van der Waals surface area (Å²) in [6, 6.07) is 66.2. The van der Waals surface area contributed by atoms with Gasteiger partial charge in [-0.3, -0.25) is 0 Å². The number of benzene rings is 8. The second-order valence-electron chi connectivity index (χ2n) is 12.8. The zero-order chi connectivity index (χ0) is 31.7. The highest BCUT2D eigenvalue weighted by molar-refractivity contribution is 6.10. The van der Waals surface area contributed by atoms with Gasteiger partial charge in [-0.15, -0.1) is 0 Å². The Morgan fingerprint density at radius 3 is 1.69 bits per heavy atom. The van der Waals surface area contributed by atoms with Crippen LogP contribution in [0.2, 0.25) is 0 Å². The van der Waals surface area contributed by atoms with E-state index in [0.717, 1.165) is 17.1 Å². The van der Waals surface area contributed by atoms with Crippen LogP contribution in [0.5, 0.6) is 11.5 Å². The lowest BCUT2D eigenvalue weighted by Gasteiger charge is -2.34. The standard InChI is InChI=1S/C47H30O/c1-4-13-31(14-5-1)36-26-28-45-46-39(36)20-12-21-40(46)41-29-32(24-27-44(41)48-45)33-23-25-38-37-19-10-11-22-42(37)47(43(38)30-33,34-15-6-2-7-16-34)35-17-8-3-9-18-35/h1-30H. The van der Waals surface area contributed by atoms with Crippen LogP contribution in [0, 0.1) is 0 Å². The predicted octanol–water partition coefficient (Wildman–Crippen LogP) is 12.3. The average molecular weight is 611 g/mol. The van der Waals surface area contributed by atoms with Gasteiger partial charge in [0.05, 0.1) is 5.41 Å². The molecule has 1 nitrogen and oxygen atoms in total. The Morgan fingerprint density at radius 1 is 0.333 bits per heavy atom. The molecule has 1 aliphatic carbocycles. The second-order valence-corrected chi connectivity index (χ2v) is 12.8. The Hall–Kier alpha value is -6.18. The molecular formula is C47H30O. The highest BCUT2D eigenvalue weighted by Crippen LogP contribution is 2.57. The SMILES string of the molecule is c1ccc(-c2ccc3c4c(cccc24)-c2cc(-c4ccc5c(c4)C(c4ccccc4)(c4ccccc4)c4ccccc4-5)ccc2O3)cc1. The first-order chi connectivity index (χ1) is 23.8. The van der Waals surface area contributed by atoms with E-state index in [1.807, 2.05) is 0 Å². The van der Waals surface area contributed by atoms with Gasteiger partial charge < -0.3 is 4.74 Å². The molecule has 1 heteroatoms. The number of rotatable bonds is 4. The lowest BCUT2D eigenvalue weighted by Crippen LogP contribution is -2.28. The number of fused-ring (bicyclic) bond motifs is 5. The first-order valence-electron chi connectivity index (χ1n) is 16.6. The van der Waals surface area contributed by atoms with Crippen LogP contribution in [0.4, 0.5) is 0 Å². The predicted molar refractivity (Wildman–Crippen MR) is 198 cm³/mol. The largest absolute Gasteiger partial charge is 0.456 e. The van der Waals surface area contributed by atoms with Gasteiger partial charge in [0.2, 0.25) is 0 Å². The van der Waals surface area contributed by atoms with E-state index in [9.17, 15) is 0 Å². The van der Waals surface area contributed by atoms with Crippen molar-refractivity contribution in [1.29, 1.82) is 0 Å². The van der Waals surface area contributed by atoms with Gasteiger partial charge in [-0.05, 0) is 90.8 Å². The molecule has 2 aliphatic rings. The van der Waals surface area contributed by atoms with Gasteiger partial charge in [0, 0.05) is 10.9 Å². The number of hydrogen-bond acceptors (Lipinski definition) is 1. The fourth-order valence-corrected chi connectivity index (χ4v) is 8.30. The van der Waals surface area contributed by atoms with Crippen LogP contribution in [-0.2, 0) is 5.41 Å². The van der Waals surface area contributed by atoms with E-state index in [-0.39, 0.29) is 0 Å². The maximum absolute atomic E-state index is 6.60. The minimum atomic E-state index is -0.430. The minimum Gasteiger partial charge on any atom is -0.456 e. The molecule has 0 N–H and O–H groups in total. The Labute approximate surface area is 280 Å². The molecule has 0 radical (unpaired) electrons. The van der Waals surface area contributed by atoms with Crippen molar-refractivity contribution in [3.05, 3.63) is 204 Å². The summed E-state index contributed by atoms with van der Waals surface area (Å²) in [4.78, 5) is 0. The molecule has 8 aromatic carbocycles. The highest BCUT2D eigenvalue weighted by Gasteiger charge is 2.46. The van der Waals surface area contributed by atoms with Crippen LogP contribution < -0.4 is 4.74 Å². The van der Waals surface area contributed by atoms with Gasteiger partial charge in [0.15, 0.2) is 0 Å². The third-order valence-corrected chi connectivity index (χ3v) is 10.4. The summed E-state index contributed by atoms with van der Waals surface area (Å²) in [6.45, 7) is 0. The Bertz CT molecular complexity index is 2470. The van der Waals surface area contributed by atoms with Crippen molar-refractivity contribution in [1.82, 2.24) is 0 Å². The summed E-state index contributed by atoms with van der Waals surface area (Å²) in [5.41, 5.74) is 14.5. The molecule has 0 saturated carbocycles. The van der Waals surface area contributed by atoms with Crippen LogP contribution in [0.15, 0.2) is 182 Å². The number of hydrogen-bond donors (Lipinski definition) is 0. The van der Waals surface area contributed by atoms with Crippen LogP contribution in [0.3, 0.4) is 0 Å². The van der Waals surface area contributed by atoms with E-state index in [2.05, 4.69) is 182 Å². The molecule has 0 aromatic heterocycles. The summed E-state index contributed by atoms with van der Waals surface area (Å²) >= 11 is 0. The molecule has 0 amide bonds. The van der Waals surface area contributed by atoms with Crippen molar-refractivity contribution >= 4 is 10.8 Å². The van der Waals surface area contributed by atoms with Gasteiger partial charge in [-0.25, -0.2) is 0 Å².